The topological polar surface area (TPSA) is 52.5 Å². The predicted molar refractivity (Wildman–Crippen MR) is 97.9 cm³/mol. The Bertz CT molecular complexity index is 730. The number of carbonyl (C=O) groups is 1. The van der Waals surface area contributed by atoms with Crippen molar-refractivity contribution in [2.45, 2.75) is 32.7 Å². The van der Waals surface area contributed by atoms with E-state index in [1.807, 2.05) is 37.3 Å². The van der Waals surface area contributed by atoms with Gasteiger partial charge in [-0.25, -0.2) is 0 Å². The summed E-state index contributed by atoms with van der Waals surface area (Å²) in [6, 6.07) is 10.1. The van der Waals surface area contributed by atoms with E-state index in [0.29, 0.717) is 25.7 Å². The molecule has 0 atom stereocenters. The van der Waals surface area contributed by atoms with E-state index < -0.39 is 0 Å². The second-order valence-corrected chi connectivity index (χ2v) is 6.51. The van der Waals surface area contributed by atoms with Gasteiger partial charge in [-0.3, -0.25) is 4.79 Å². The van der Waals surface area contributed by atoms with Gasteiger partial charge < -0.3 is 19.4 Å². The highest BCUT2D eigenvalue weighted by Gasteiger charge is 2.28. The minimum absolute atomic E-state index is 0.143. The zero-order valence-electron chi connectivity index (χ0n) is 15.2. The van der Waals surface area contributed by atoms with Gasteiger partial charge in [0.15, 0.2) is 5.78 Å². The molecule has 1 aromatic carbocycles. The molecule has 0 amide bonds. The molecule has 0 unspecified atom stereocenters. The maximum atomic E-state index is 12.4. The van der Waals surface area contributed by atoms with Gasteiger partial charge in [-0.2, -0.15) is 0 Å². The number of ether oxygens (including phenoxy) is 2. The van der Waals surface area contributed by atoms with Crippen LogP contribution in [0.25, 0.3) is 0 Å². The Morgan fingerprint density at radius 3 is 2.52 bits per heavy atom. The van der Waals surface area contributed by atoms with Crippen molar-refractivity contribution >= 4 is 5.78 Å². The number of hydrogen-bond acceptors (Lipinski definition) is 4. The summed E-state index contributed by atoms with van der Waals surface area (Å²) >= 11 is 0. The van der Waals surface area contributed by atoms with E-state index in [4.69, 9.17) is 9.47 Å². The molecule has 2 aromatic rings. The van der Waals surface area contributed by atoms with E-state index in [1.54, 1.807) is 7.11 Å². The first-order valence-electron chi connectivity index (χ1n) is 8.79. The van der Waals surface area contributed by atoms with E-state index in [1.165, 1.54) is 18.5 Å². The first-order valence-corrected chi connectivity index (χ1v) is 8.79. The Hall–Kier alpha value is -2.27. The molecule has 0 spiro atoms. The lowest BCUT2D eigenvalue weighted by atomic mass is 10.1. The van der Waals surface area contributed by atoms with Crippen LogP contribution in [0.15, 0.2) is 30.3 Å². The van der Waals surface area contributed by atoms with Crippen molar-refractivity contribution in [3.8, 4) is 11.5 Å². The fourth-order valence-electron chi connectivity index (χ4n) is 3.16. The number of aryl methyl sites for hydroxylation is 1. The molecule has 134 valence electrons. The van der Waals surface area contributed by atoms with Crippen LogP contribution in [-0.4, -0.2) is 37.2 Å². The van der Waals surface area contributed by atoms with E-state index >= 15 is 0 Å². The number of methoxy groups -OCH3 is 1. The molecule has 1 heterocycles. The molecular formula is C20H26N2O3. The lowest BCUT2D eigenvalue weighted by molar-refractivity contribution is 0.0989. The largest absolute Gasteiger partial charge is 0.497 e. The van der Waals surface area contributed by atoms with Gasteiger partial charge in [-0.1, -0.05) is 0 Å². The Labute approximate surface area is 148 Å². The molecular weight excluding hydrogens is 316 g/mol. The van der Waals surface area contributed by atoms with Crippen molar-refractivity contribution < 1.29 is 14.3 Å². The number of carbonyl (C=O) groups excluding carboxylic acids is 1. The van der Waals surface area contributed by atoms with Gasteiger partial charge in [0.1, 0.15) is 18.1 Å². The van der Waals surface area contributed by atoms with Gasteiger partial charge >= 0.3 is 0 Å². The number of aromatic nitrogens is 1. The average Bonchev–Trinajstić information content (AvgIpc) is 3.40. The SMILES string of the molecule is COc1ccc(OCCNCC(=O)c2cc(C)n(C3CC3)c2C)cc1. The van der Waals surface area contributed by atoms with Crippen molar-refractivity contribution in [3.63, 3.8) is 0 Å². The van der Waals surface area contributed by atoms with Crippen molar-refractivity contribution in [1.29, 1.82) is 0 Å². The second-order valence-electron chi connectivity index (χ2n) is 6.51. The van der Waals surface area contributed by atoms with E-state index in [2.05, 4.69) is 16.8 Å². The van der Waals surface area contributed by atoms with Gasteiger partial charge in [0, 0.05) is 29.5 Å². The first kappa shape index (κ1) is 17.5. The van der Waals surface area contributed by atoms with Gasteiger partial charge in [0.05, 0.1) is 13.7 Å². The average molecular weight is 342 g/mol. The number of benzene rings is 1. The highest BCUT2D eigenvalue weighted by molar-refractivity contribution is 5.99. The molecule has 0 aliphatic heterocycles. The second kappa shape index (κ2) is 7.74. The monoisotopic (exact) mass is 342 g/mol. The fraction of sp³-hybridized carbons (Fsp3) is 0.450. The molecule has 1 aliphatic rings. The van der Waals surface area contributed by atoms with E-state index in [9.17, 15) is 4.79 Å². The number of Topliss-reactive ketones (excluding diaryl/α,β-unsaturated/α-hetero) is 1. The normalized spacial score (nSPS) is 13.7. The molecule has 1 saturated carbocycles. The summed E-state index contributed by atoms with van der Waals surface area (Å²) in [5.41, 5.74) is 3.13. The lowest BCUT2D eigenvalue weighted by Gasteiger charge is -2.09. The molecule has 25 heavy (non-hydrogen) atoms. The zero-order valence-corrected chi connectivity index (χ0v) is 15.2. The minimum Gasteiger partial charge on any atom is -0.497 e. The zero-order chi connectivity index (χ0) is 17.8. The third-order valence-electron chi connectivity index (χ3n) is 4.59. The van der Waals surface area contributed by atoms with Crippen LogP contribution in [0.5, 0.6) is 11.5 Å². The Morgan fingerprint density at radius 2 is 1.88 bits per heavy atom. The van der Waals surface area contributed by atoms with Crippen LogP contribution in [0.2, 0.25) is 0 Å². The molecule has 0 radical (unpaired) electrons. The summed E-state index contributed by atoms with van der Waals surface area (Å²) in [7, 11) is 1.64. The maximum Gasteiger partial charge on any atom is 0.178 e. The smallest absolute Gasteiger partial charge is 0.178 e. The molecule has 1 fully saturated rings. The number of hydrogen-bond donors (Lipinski definition) is 1. The summed E-state index contributed by atoms with van der Waals surface area (Å²) < 4.78 is 13.1. The van der Waals surface area contributed by atoms with Crippen LogP contribution < -0.4 is 14.8 Å². The van der Waals surface area contributed by atoms with Gasteiger partial charge in [-0.15, -0.1) is 0 Å². The molecule has 1 aromatic heterocycles. The third-order valence-corrected chi connectivity index (χ3v) is 4.59. The molecule has 0 bridgehead atoms. The summed E-state index contributed by atoms with van der Waals surface area (Å²) in [6.07, 6.45) is 2.45. The van der Waals surface area contributed by atoms with Crippen molar-refractivity contribution in [1.82, 2.24) is 9.88 Å². The van der Waals surface area contributed by atoms with Crippen LogP contribution in [0, 0.1) is 13.8 Å². The van der Waals surface area contributed by atoms with Crippen LogP contribution in [-0.2, 0) is 0 Å². The van der Waals surface area contributed by atoms with Gasteiger partial charge in [-0.05, 0) is 57.0 Å². The van der Waals surface area contributed by atoms with E-state index in [0.717, 1.165) is 22.8 Å². The van der Waals surface area contributed by atoms with Crippen LogP contribution in [0.4, 0.5) is 0 Å². The maximum absolute atomic E-state index is 12.4. The molecule has 3 rings (SSSR count). The molecule has 1 N–H and O–H groups in total. The highest BCUT2D eigenvalue weighted by Crippen LogP contribution is 2.38. The molecule has 0 saturated heterocycles. The predicted octanol–water partition coefficient (Wildman–Crippen LogP) is 3.30. The fourth-order valence-corrected chi connectivity index (χ4v) is 3.16. The summed E-state index contributed by atoms with van der Waals surface area (Å²) in [5, 5.41) is 3.17. The third kappa shape index (κ3) is 4.23. The lowest BCUT2D eigenvalue weighted by Crippen LogP contribution is -2.27. The molecule has 5 nitrogen and oxygen atoms in total. The summed E-state index contributed by atoms with van der Waals surface area (Å²) in [5.74, 6) is 1.74. The Morgan fingerprint density at radius 1 is 1.20 bits per heavy atom. The van der Waals surface area contributed by atoms with Crippen molar-refractivity contribution in [2.75, 3.05) is 26.8 Å². The van der Waals surface area contributed by atoms with Crippen molar-refractivity contribution in [2.24, 2.45) is 0 Å². The van der Waals surface area contributed by atoms with Crippen LogP contribution in [0.3, 0.4) is 0 Å². The quantitative estimate of drug-likeness (QED) is 0.561. The minimum atomic E-state index is 0.143. The van der Waals surface area contributed by atoms with Crippen molar-refractivity contribution in [3.05, 3.63) is 47.3 Å². The number of rotatable bonds is 9. The van der Waals surface area contributed by atoms with Crippen LogP contribution in [0.1, 0.15) is 40.6 Å². The van der Waals surface area contributed by atoms with Crippen LogP contribution >= 0.6 is 0 Å². The molecule has 5 heteroatoms. The summed E-state index contributed by atoms with van der Waals surface area (Å²) in [6.45, 7) is 5.60. The highest BCUT2D eigenvalue weighted by atomic mass is 16.5. The van der Waals surface area contributed by atoms with E-state index in [-0.39, 0.29) is 5.78 Å². The number of nitrogens with one attached hydrogen (secondary N) is 1. The summed E-state index contributed by atoms with van der Waals surface area (Å²) in [4.78, 5) is 12.4. The first-order chi connectivity index (χ1) is 12.1. The standard InChI is InChI=1S/C20H26N2O3/c1-14-12-19(15(2)22(14)16-4-5-16)20(23)13-21-10-11-25-18-8-6-17(24-3)7-9-18/h6-9,12,16,21H,4-5,10-11,13H2,1-3H3. The van der Waals surface area contributed by atoms with Gasteiger partial charge in [0.2, 0.25) is 0 Å². The van der Waals surface area contributed by atoms with Gasteiger partial charge in [0.25, 0.3) is 0 Å². The molecule has 1 aliphatic carbocycles. The Kier molecular flexibility index (Phi) is 5.43. The number of ketones is 1. The Balaban J connectivity index is 1.43. The number of nitrogens with zero attached hydrogens (tertiary/aromatic N) is 1.